The summed E-state index contributed by atoms with van der Waals surface area (Å²) in [7, 11) is 0. The molecule has 0 aromatic rings. The van der Waals surface area contributed by atoms with Crippen LogP contribution in [-0.2, 0) is 19.0 Å². The topological polar surface area (TPSA) is 44.8 Å². The van der Waals surface area contributed by atoms with Crippen molar-refractivity contribution < 1.29 is 19.0 Å². The van der Waals surface area contributed by atoms with Gasteiger partial charge in [-0.2, -0.15) is 0 Å². The monoisotopic (exact) mass is 160 g/mol. The minimum atomic E-state index is -0.585. The molecule has 4 heteroatoms. The molecular formula is C7H12O4. The molecule has 1 unspecified atom stereocenters. The van der Waals surface area contributed by atoms with Gasteiger partial charge in [0, 0.05) is 0 Å². The van der Waals surface area contributed by atoms with Crippen molar-refractivity contribution in [3.63, 3.8) is 0 Å². The summed E-state index contributed by atoms with van der Waals surface area (Å²) in [5, 5.41) is 0. The Labute approximate surface area is 65.4 Å². The summed E-state index contributed by atoms with van der Waals surface area (Å²) in [6, 6.07) is 0. The maximum atomic E-state index is 10.1. The third-order valence-electron chi connectivity index (χ3n) is 1.75. The van der Waals surface area contributed by atoms with E-state index in [1.807, 2.05) is 0 Å². The average Bonchev–Trinajstić information content (AvgIpc) is 2.37. The molecule has 0 N–H and O–H groups in total. The van der Waals surface area contributed by atoms with Gasteiger partial charge in [-0.05, 0) is 13.8 Å². The largest absolute Gasteiger partial charge is 0.459 e. The van der Waals surface area contributed by atoms with Crippen LogP contribution < -0.4 is 0 Å². The molecule has 1 atom stereocenters. The Hall–Kier alpha value is -0.610. The molecule has 1 aliphatic heterocycles. The molecule has 1 heterocycles. The Balaban J connectivity index is 2.47. The fourth-order valence-corrected chi connectivity index (χ4v) is 0.935. The second-order valence-corrected chi connectivity index (χ2v) is 2.96. The molecule has 0 bridgehead atoms. The lowest BCUT2D eigenvalue weighted by Crippen LogP contribution is -2.40. The van der Waals surface area contributed by atoms with Gasteiger partial charge >= 0.3 is 0 Å². The molecule has 0 aromatic heterocycles. The predicted molar refractivity (Wildman–Crippen MR) is 36.9 cm³/mol. The van der Waals surface area contributed by atoms with Gasteiger partial charge in [-0.1, -0.05) is 0 Å². The van der Waals surface area contributed by atoms with Crippen LogP contribution in [0.1, 0.15) is 13.8 Å². The van der Waals surface area contributed by atoms with Crippen LogP contribution in [0.15, 0.2) is 0 Å². The molecule has 4 nitrogen and oxygen atoms in total. The van der Waals surface area contributed by atoms with Gasteiger partial charge in [-0.3, -0.25) is 4.79 Å². The number of carbonyl (C=O) groups is 1. The van der Waals surface area contributed by atoms with Crippen LogP contribution in [0.2, 0.25) is 0 Å². The quantitative estimate of drug-likeness (QED) is 0.557. The Morgan fingerprint density at radius 3 is 2.82 bits per heavy atom. The van der Waals surface area contributed by atoms with E-state index < -0.39 is 5.60 Å². The summed E-state index contributed by atoms with van der Waals surface area (Å²) in [5.41, 5.74) is -0.585. The van der Waals surface area contributed by atoms with Gasteiger partial charge < -0.3 is 14.2 Å². The molecule has 0 aromatic carbocycles. The molecule has 11 heavy (non-hydrogen) atoms. The fraction of sp³-hybridized carbons (Fsp3) is 0.857. The zero-order valence-corrected chi connectivity index (χ0v) is 6.70. The highest BCUT2D eigenvalue weighted by molar-refractivity contribution is 5.38. The molecule has 64 valence electrons. The standard InChI is InChI=1S/C7H12O4/c1-7(2,11-4-8)6-3-9-5-10-6/h4,6H,3,5H2,1-2H3. The third-order valence-corrected chi connectivity index (χ3v) is 1.75. The van der Waals surface area contributed by atoms with Gasteiger partial charge in [0.05, 0.1) is 6.61 Å². The summed E-state index contributed by atoms with van der Waals surface area (Å²) in [5.74, 6) is 0. The van der Waals surface area contributed by atoms with Gasteiger partial charge in [-0.25, -0.2) is 0 Å². The lowest BCUT2D eigenvalue weighted by Gasteiger charge is -2.27. The summed E-state index contributed by atoms with van der Waals surface area (Å²) in [6.07, 6.45) is -0.146. The smallest absolute Gasteiger partial charge is 0.293 e. The summed E-state index contributed by atoms with van der Waals surface area (Å²) in [6.45, 7) is 4.79. The van der Waals surface area contributed by atoms with Gasteiger partial charge in [0.25, 0.3) is 6.47 Å². The second-order valence-electron chi connectivity index (χ2n) is 2.96. The minimum Gasteiger partial charge on any atom is -0.459 e. The number of rotatable bonds is 3. The lowest BCUT2D eigenvalue weighted by atomic mass is 10.0. The Bertz CT molecular complexity index is 137. The second kappa shape index (κ2) is 3.19. The molecule has 1 aliphatic rings. The van der Waals surface area contributed by atoms with Crippen molar-refractivity contribution in [1.29, 1.82) is 0 Å². The average molecular weight is 160 g/mol. The Morgan fingerprint density at radius 1 is 1.64 bits per heavy atom. The maximum absolute atomic E-state index is 10.1. The van der Waals surface area contributed by atoms with Crippen LogP contribution in [0.4, 0.5) is 0 Å². The number of hydrogen-bond acceptors (Lipinski definition) is 4. The first kappa shape index (κ1) is 8.49. The highest BCUT2D eigenvalue weighted by Crippen LogP contribution is 2.20. The van der Waals surface area contributed by atoms with Crippen molar-refractivity contribution >= 4 is 6.47 Å². The molecule has 0 aliphatic carbocycles. The van der Waals surface area contributed by atoms with Crippen molar-refractivity contribution in [3.05, 3.63) is 0 Å². The molecule has 0 radical (unpaired) electrons. The van der Waals surface area contributed by atoms with Crippen LogP contribution >= 0.6 is 0 Å². The van der Waals surface area contributed by atoms with Gasteiger partial charge in [0.1, 0.15) is 18.5 Å². The SMILES string of the molecule is CC(C)(OC=O)C1COCO1. The summed E-state index contributed by atoms with van der Waals surface area (Å²) < 4.78 is 15.0. The van der Waals surface area contributed by atoms with Gasteiger partial charge in [0.2, 0.25) is 0 Å². The molecule has 0 amide bonds. The van der Waals surface area contributed by atoms with E-state index in [0.29, 0.717) is 13.1 Å². The van der Waals surface area contributed by atoms with Crippen molar-refractivity contribution in [2.75, 3.05) is 13.4 Å². The molecule has 0 saturated carbocycles. The summed E-state index contributed by atoms with van der Waals surface area (Å²) >= 11 is 0. The van der Waals surface area contributed by atoms with Gasteiger partial charge in [0.15, 0.2) is 0 Å². The predicted octanol–water partition coefficient (Wildman–Crippen LogP) is 0.311. The highest BCUT2D eigenvalue weighted by Gasteiger charge is 2.35. The molecule has 0 spiro atoms. The van der Waals surface area contributed by atoms with E-state index in [-0.39, 0.29) is 12.9 Å². The minimum absolute atomic E-state index is 0.146. The maximum Gasteiger partial charge on any atom is 0.293 e. The van der Waals surface area contributed by atoms with Crippen LogP contribution in [0.5, 0.6) is 0 Å². The zero-order chi connectivity index (χ0) is 8.32. The van der Waals surface area contributed by atoms with Gasteiger partial charge in [-0.15, -0.1) is 0 Å². The van der Waals surface area contributed by atoms with E-state index in [1.54, 1.807) is 13.8 Å². The lowest BCUT2D eigenvalue weighted by molar-refractivity contribution is -0.151. The van der Waals surface area contributed by atoms with Crippen molar-refractivity contribution in [1.82, 2.24) is 0 Å². The van der Waals surface area contributed by atoms with Crippen LogP contribution in [-0.4, -0.2) is 31.6 Å². The van der Waals surface area contributed by atoms with Crippen LogP contribution in [0, 0.1) is 0 Å². The van der Waals surface area contributed by atoms with E-state index in [2.05, 4.69) is 0 Å². The Morgan fingerprint density at radius 2 is 2.36 bits per heavy atom. The zero-order valence-electron chi connectivity index (χ0n) is 6.70. The first-order chi connectivity index (χ1) is 5.17. The Kier molecular flexibility index (Phi) is 2.46. The van der Waals surface area contributed by atoms with Crippen molar-refractivity contribution in [3.8, 4) is 0 Å². The number of hydrogen-bond donors (Lipinski definition) is 0. The first-order valence-electron chi connectivity index (χ1n) is 3.47. The third kappa shape index (κ3) is 1.91. The van der Waals surface area contributed by atoms with E-state index in [0.717, 1.165) is 0 Å². The van der Waals surface area contributed by atoms with E-state index in [1.165, 1.54) is 0 Å². The first-order valence-corrected chi connectivity index (χ1v) is 3.47. The van der Waals surface area contributed by atoms with Crippen LogP contribution in [0.3, 0.4) is 0 Å². The van der Waals surface area contributed by atoms with E-state index in [9.17, 15) is 4.79 Å². The van der Waals surface area contributed by atoms with Crippen molar-refractivity contribution in [2.45, 2.75) is 25.6 Å². The molecule has 1 fully saturated rings. The molecular weight excluding hydrogens is 148 g/mol. The fourth-order valence-electron chi connectivity index (χ4n) is 0.935. The molecule has 1 rings (SSSR count). The normalized spacial score (nSPS) is 25.1. The number of carbonyl (C=O) groups excluding carboxylic acids is 1. The van der Waals surface area contributed by atoms with E-state index in [4.69, 9.17) is 14.2 Å². The number of ether oxygens (including phenoxy) is 3. The van der Waals surface area contributed by atoms with E-state index >= 15 is 0 Å². The van der Waals surface area contributed by atoms with Crippen LogP contribution in [0.25, 0.3) is 0 Å². The highest BCUT2D eigenvalue weighted by atomic mass is 16.7. The molecule has 1 saturated heterocycles. The van der Waals surface area contributed by atoms with Crippen molar-refractivity contribution in [2.24, 2.45) is 0 Å². The summed E-state index contributed by atoms with van der Waals surface area (Å²) in [4.78, 5) is 10.1.